The van der Waals surface area contributed by atoms with Gasteiger partial charge in [0.15, 0.2) is 0 Å². The first kappa shape index (κ1) is 11.3. The molecule has 0 radical (unpaired) electrons. The molecule has 17 heavy (non-hydrogen) atoms. The number of ether oxygens (including phenoxy) is 1. The number of rotatable bonds is 2. The monoisotopic (exact) mass is 249 g/mol. The molecule has 1 fully saturated rings. The highest BCUT2D eigenvalue weighted by atomic mass is 32.2. The zero-order valence-corrected chi connectivity index (χ0v) is 10.9. The summed E-state index contributed by atoms with van der Waals surface area (Å²) in [7, 11) is 0. The summed E-state index contributed by atoms with van der Waals surface area (Å²) in [5.74, 6) is 3.55. The number of hydrogen-bond acceptors (Lipinski definition) is 3. The van der Waals surface area contributed by atoms with Gasteiger partial charge >= 0.3 is 0 Å². The zero-order chi connectivity index (χ0) is 11.5. The Hall–Kier alpha value is -0.830. The first-order valence-corrected chi connectivity index (χ1v) is 7.69. The van der Waals surface area contributed by atoms with Crippen LogP contribution < -0.4 is 10.1 Å². The highest BCUT2D eigenvalue weighted by Crippen LogP contribution is 2.34. The van der Waals surface area contributed by atoms with E-state index in [1.54, 1.807) is 0 Å². The van der Waals surface area contributed by atoms with Crippen LogP contribution in [0.2, 0.25) is 0 Å². The summed E-state index contributed by atoms with van der Waals surface area (Å²) >= 11 is 2.04. The molecule has 0 bridgehead atoms. The largest absolute Gasteiger partial charge is 0.488 e. The van der Waals surface area contributed by atoms with Crippen LogP contribution in [0.15, 0.2) is 18.2 Å². The van der Waals surface area contributed by atoms with E-state index < -0.39 is 0 Å². The van der Waals surface area contributed by atoms with Gasteiger partial charge in [0.2, 0.25) is 0 Å². The first-order valence-electron chi connectivity index (χ1n) is 6.53. The van der Waals surface area contributed by atoms with Crippen LogP contribution in [0.1, 0.15) is 24.8 Å². The Morgan fingerprint density at radius 2 is 2.12 bits per heavy atom. The number of aryl methyl sites for hydroxylation is 1. The predicted octanol–water partition coefficient (Wildman–Crippen LogP) is 3.32. The minimum atomic E-state index is 0.423. The summed E-state index contributed by atoms with van der Waals surface area (Å²) in [5, 5.41) is 3.49. The van der Waals surface area contributed by atoms with Gasteiger partial charge in [0.05, 0.1) is 5.69 Å². The fourth-order valence-corrected chi connectivity index (χ4v) is 3.61. The number of nitrogens with one attached hydrogen (secondary N) is 1. The molecule has 1 N–H and O–H groups in total. The van der Waals surface area contributed by atoms with Crippen LogP contribution in [0.3, 0.4) is 0 Å². The molecular formula is C14H19NOS. The fraction of sp³-hybridized carbons (Fsp3) is 0.571. The Balaban J connectivity index is 1.77. The van der Waals surface area contributed by atoms with Crippen LogP contribution >= 0.6 is 11.8 Å². The predicted molar refractivity (Wildman–Crippen MR) is 74.2 cm³/mol. The maximum Gasteiger partial charge on any atom is 0.143 e. The number of benzene rings is 1. The Labute approximate surface area is 107 Å². The highest BCUT2D eigenvalue weighted by Gasteiger charge is 2.19. The molecule has 3 heteroatoms. The van der Waals surface area contributed by atoms with Crippen molar-refractivity contribution in [1.29, 1.82) is 0 Å². The van der Waals surface area contributed by atoms with E-state index in [-0.39, 0.29) is 0 Å². The number of anilines is 1. The van der Waals surface area contributed by atoms with Crippen molar-refractivity contribution in [2.45, 2.75) is 31.8 Å². The third-order valence-corrected chi connectivity index (χ3v) is 4.55. The molecule has 3 rings (SSSR count). The summed E-state index contributed by atoms with van der Waals surface area (Å²) in [6, 6.07) is 6.45. The third kappa shape index (κ3) is 2.54. The second-order valence-electron chi connectivity index (χ2n) is 4.75. The molecule has 1 saturated heterocycles. The molecule has 0 saturated carbocycles. The lowest BCUT2D eigenvalue weighted by Gasteiger charge is -2.26. The molecule has 2 nitrogen and oxygen atoms in total. The number of para-hydroxylation sites is 1. The van der Waals surface area contributed by atoms with Crippen molar-refractivity contribution in [2.24, 2.45) is 0 Å². The lowest BCUT2D eigenvalue weighted by atomic mass is 10.0. The highest BCUT2D eigenvalue weighted by molar-refractivity contribution is 7.99. The van der Waals surface area contributed by atoms with Crippen molar-refractivity contribution in [3.05, 3.63) is 23.8 Å². The smallest absolute Gasteiger partial charge is 0.143 e. The molecule has 92 valence electrons. The van der Waals surface area contributed by atoms with Gasteiger partial charge < -0.3 is 10.1 Å². The summed E-state index contributed by atoms with van der Waals surface area (Å²) < 4.78 is 6.18. The van der Waals surface area contributed by atoms with Crippen molar-refractivity contribution in [1.82, 2.24) is 0 Å². The third-order valence-electron chi connectivity index (χ3n) is 3.50. The first-order chi connectivity index (χ1) is 8.43. The minimum absolute atomic E-state index is 0.423. The molecule has 0 atom stereocenters. The Morgan fingerprint density at radius 1 is 1.24 bits per heavy atom. The summed E-state index contributed by atoms with van der Waals surface area (Å²) in [5.41, 5.74) is 2.66. The second kappa shape index (κ2) is 5.21. The second-order valence-corrected chi connectivity index (χ2v) is 5.97. The number of thioether (sulfide) groups is 1. The molecular weight excluding hydrogens is 230 g/mol. The van der Waals surface area contributed by atoms with E-state index in [1.165, 1.54) is 48.4 Å². The van der Waals surface area contributed by atoms with E-state index in [1.807, 2.05) is 11.8 Å². The van der Waals surface area contributed by atoms with Crippen LogP contribution in [0.4, 0.5) is 5.69 Å². The molecule has 2 aliphatic heterocycles. The van der Waals surface area contributed by atoms with Crippen molar-refractivity contribution in [3.8, 4) is 5.75 Å². The van der Waals surface area contributed by atoms with Gasteiger partial charge in [-0.15, -0.1) is 0 Å². The average molecular weight is 249 g/mol. The Bertz CT molecular complexity index is 388. The van der Waals surface area contributed by atoms with Crippen LogP contribution in [-0.2, 0) is 6.42 Å². The average Bonchev–Trinajstić information content (AvgIpc) is 2.40. The quantitative estimate of drug-likeness (QED) is 0.869. The number of hydrogen-bond donors (Lipinski definition) is 1. The maximum atomic E-state index is 6.18. The van der Waals surface area contributed by atoms with Crippen molar-refractivity contribution < 1.29 is 4.74 Å². The van der Waals surface area contributed by atoms with Crippen molar-refractivity contribution in [2.75, 3.05) is 23.4 Å². The van der Waals surface area contributed by atoms with Crippen LogP contribution in [-0.4, -0.2) is 24.2 Å². The van der Waals surface area contributed by atoms with Gasteiger partial charge in [0.25, 0.3) is 0 Å². The normalized spacial score (nSPS) is 20.5. The summed E-state index contributed by atoms with van der Waals surface area (Å²) in [6.45, 7) is 1.08. The number of fused-ring (bicyclic) bond motifs is 1. The minimum Gasteiger partial charge on any atom is -0.488 e. The lowest BCUT2D eigenvalue weighted by Crippen LogP contribution is -2.23. The Morgan fingerprint density at radius 3 is 3.00 bits per heavy atom. The zero-order valence-electron chi connectivity index (χ0n) is 10.1. The molecule has 2 aliphatic rings. The summed E-state index contributed by atoms with van der Waals surface area (Å²) in [6.07, 6.45) is 5.21. The van der Waals surface area contributed by atoms with Gasteiger partial charge in [-0.1, -0.05) is 12.1 Å². The van der Waals surface area contributed by atoms with Crippen LogP contribution in [0.5, 0.6) is 5.75 Å². The molecule has 0 amide bonds. The fourth-order valence-electron chi connectivity index (χ4n) is 2.55. The van der Waals surface area contributed by atoms with Gasteiger partial charge in [-0.3, -0.25) is 0 Å². The van der Waals surface area contributed by atoms with Crippen LogP contribution in [0, 0.1) is 0 Å². The standard InChI is InChI=1S/C14H19NOS/c1-3-11-4-2-8-15-14(11)13(5-1)16-12-6-9-17-10-7-12/h1,3,5,12,15H,2,4,6-10H2. The van der Waals surface area contributed by atoms with E-state index >= 15 is 0 Å². The van der Waals surface area contributed by atoms with E-state index in [2.05, 4.69) is 23.5 Å². The van der Waals surface area contributed by atoms with Gasteiger partial charge in [0, 0.05) is 6.54 Å². The van der Waals surface area contributed by atoms with E-state index in [0.717, 1.165) is 12.3 Å². The van der Waals surface area contributed by atoms with Crippen molar-refractivity contribution >= 4 is 17.4 Å². The molecule has 2 heterocycles. The topological polar surface area (TPSA) is 21.3 Å². The van der Waals surface area contributed by atoms with Crippen LogP contribution in [0.25, 0.3) is 0 Å². The van der Waals surface area contributed by atoms with Gasteiger partial charge in [0.1, 0.15) is 11.9 Å². The molecule has 1 aromatic rings. The van der Waals surface area contributed by atoms with Gasteiger partial charge in [-0.05, 0) is 48.8 Å². The summed E-state index contributed by atoms with van der Waals surface area (Å²) in [4.78, 5) is 0. The maximum absolute atomic E-state index is 6.18. The lowest BCUT2D eigenvalue weighted by molar-refractivity contribution is 0.193. The van der Waals surface area contributed by atoms with Gasteiger partial charge in [-0.25, -0.2) is 0 Å². The van der Waals surface area contributed by atoms with E-state index in [9.17, 15) is 0 Å². The molecule has 0 spiro atoms. The van der Waals surface area contributed by atoms with E-state index in [4.69, 9.17) is 4.74 Å². The van der Waals surface area contributed by atoms with E-state index in [0.29, 0.717) is 6.10 Å². The molecule has 0 aromatic heterocycles. The Kier molecular flexibility index (Phi) is 3.46. The van der Waals surface area contributed by atoms with Crippen molar-refractivity contribution in [3.63, 3.8) is 0 Å². The molecule has 1 aromatic carbocycles. The molecule has 0 aliphatic carbocycles. The van der Waals surface area contributed by atoms with Gasteiger partial charge in [-0.2, -0.15) is 11.8 Å². The molecule has 0 unspecified atom stereocenters. The SMILES string of the molecule is c1cc2c(c(OC3CCSCC3)c1)NCCC2.